The number of aromatic amines is 1. The number of rotatable bonds is 4. The molecule has 0 aliphatic rings. The maximum absolute atomic E-state index is 12.1. The van der Waals surface area contributed by atoms with Crippen LogP contribution in [0.5, 0.6) is 0 Å². The summed E-state index contributed by atoms with van der Waals surface area (Å²) in [6, 6.07) is 7.50. The van der Waals surface area contributed by atoms with Gasteiger partial charge in [-0.1, -0.05) is 37.6 Å². The van der Waals surface area contributed by atoms with E-state index < -0.39 is 0 Å². The summed E-state index contributed by atoms with van der Waals surface area (Å²) in [4.78, 5) is 12.1. The first kappa shape index (κ1) is 14.4. The lowest BCUT2D eigenvalue weighted by atomic mass is 10.1. The largest absolute Gasteiger partial charge is 0.298 e. The molecule has 2 rings (SSSR count). The number of halogens is 2. The molecule has 5 heteroatoms. The van der Waals surface area contributed by atoms with E-state index >= 15 is 0 Å². The van der Waals surface area contributed by atoms with Crippen LogP contribution in [0.1, 0.15) is 25.1 Å². The van der Waals surface area contributed by atoms with Crippen LogP contribution in [0.2, 0.25) is 5.02 Å². The molecule has 0 aliphatic carbocycles. The minimum atomic E-state index is -0.0226. The molecule has 0 bridgehead atoms. The highest BCUT2D eigenvalue weighted by atomic mass is 79.9. The Morgan fingerprint density at radius 3 is 2.53 bits per heavy atom. The molecule has 2 aromatic rings. The van der Waals surface area contributed by atoms with Crippen molar-refractivity contribution in [2.45, 2.75) is 26.8 Å². The summed E-state index contributed by atoms with van der Waals surface area (Å²) < 4.78 is 2.25. The third kappa shape index (κ3) is 3.51. The molecule has 1 heterocycles. The van der Waals surface area contributed by atoms with Gasteiger partial charge in [-0.2, -0.15) is 0 Å². The van der Waals surface area contributed by atoms with Gasteiger partial charge in [-0.3, -0.25) is 9.89 Å². The fraction of sp³-hybridized carbons (Fsp3) is 0.357. The van der Waals surface area contributed by atoms with E-state index in [2.05, 4.69) is 34.9 Å². The molecule has 0 aliphatic heterocycles. The molecule has 3 nitrogen and oxygen atoms in total. The number of hydrogen-bond acceptors (Lipinski definition) is 1. The Balaban J connectivity index is 2.26. The van der Waals surface area contributed by atoms with Gasteiger partial charge in [0.2, 0.25) is 0 Å². The Bertz CT molecular complexity index is 613. The molecule has 0 atom stereocenters. The van der Waals surface area contributed by atoms with Crippen molar-refractivity contribution in [3.8, 4) is 0 Å². The summed E-state index contributed by atoms with van der Waals surface area (Å²) in [6.45, 7) is 4.77. The van der Waals surface area contributed by atoms with Crippen LogP contribution in [0, 0.1) is 5.92 Å². The molecule has 0 saturated carbocycles. The van der Waals surface area contributed by atoms with E-state index in [1.54, 1.807) is 4.68 Å². The van der Waals surface area contributed by atoms with Gasteiger partial charge >= 0.3 is 0 Å². The normalized spacial score (nSPS) is 11.2. The van der Waals surface area contributed by atoms with Crippen LogP contribution in [0.3, 0.4) is 0 Å². The van der Waals surface area contributed by atoms with E-state index in [4.69, 9.17) is 11.6 Å². The van der Waals surface area contributed by atoms with Crippen LogP contribution in [-0.2, 0) is 13.0 Å². The Labute approximate surface area is 125 Å². The van der Waals surface area contributed by atoms with Crippen molar-refractivity contribution in [2.24, 2.45) is 5.92 Å². The van der Waals surface area contributed by atoms with Gasteiger partial charge in [-0.15, -0.1) is 0 Å². The van der Waals surface area contributed by atoms with Crippen LogP contribution in [0.25, 0.3) is 0 Å². The van der Waals surface area contributed by atoms with Gasteiger partial charge in [0.05, 0.1) is 12.2 Å². The van der Waals surface area contributed by atoms with E-state index in [1.807, 2.05) is 24.3 Å². The SMILES string of the molecule is CC(C)Cc1[nH]n(Cc2ccc(Cl)cc2)c(=O)c1Br. The van der Waals surface area contributed by atoms with Crippen LogP contribution in [0.4, 0.5) is 0 Å². The van der Waals surface area contributed by atoms with Gasteiger partial charge in [0.15, 0.2) is 0 Å². The van der Waals surface area contributed by atoms with Crippen molar-refractivity contribution in [2.75, 3.05) is 0 Å². The molecule has 0 radical (unpaired) electrons. The number of hydrogen-bond donors (Lipinski definition) is 1. The van der Waals surface area contributed by atoms with Crippen molar-refractivity contribution in [1.82, 2.24) is 9.78 Å². The van der Waals surface area contributed by atoms with Crippen molar-refractivity contribution >= 4 is 27.5 Å². The van der Waals surface area contributed by atoms with E-state index in [0.717, 1.165) is 17.7 Å². The molecule has 0 saturated heterocycles. The van der Waals surface area contributed by atoms with Crippen LogP contribution < -0.4 is 5.56 Å². The molecule has 0 spiro atoms. The topological polar surface area (TPSA) is 37.8 Å². The molecular formula is C14H16BrClN2O. The zero-order valence-electron chi connectivity index (χ0n) is 10.9. The van der Waals surface area contributed by atoms with Crippen LogP contribution >= 0.6 is 27.5 Å². The number of benzene rings is 1. The molecule has 102 valence electrons. The van der Waals surface area contributed by atoms with Crippen molar-refractivity contribution in [3.63, 3.8) is 0 Å². The van der Waals surface area contributed by atoms with E-state index in [0.29, 0.717) is 22.0 Å². The minimum absolute atomic E-state index is 0.0226. The Morgan fingerprint density at radius 2 is 1.95 bits per heavy atom. The lowest BCUT2D eigenvalue weighted by Gasteiger charge is -2.04. The smallest absolute Gasteiger partial charge is 0.281 e. The minimum Gasteiger partial charge on any atom is -0.298 e. The van der Waals surface area contributed by atoms with Gasteiger partial charge in [0, 0.05) is 5.02 Å². The van der Waals surface area contributed by atoms with Crippen molar-refractivity contribution in [3.05, 3.63) is 55.4 Å². The molecule has 0 fully saturated rings. The first-order valence-electron chi connectivity index (χ1n) is 6.19. The highest BCUT2D eigenvalue weighted by Crippen LogP contribution is 2.15. The number of H-pyrrole nitrogens is 1. The quantitative estimate of drug-likeness (QED) is 0.900. The standard InChI is InChI=1S/C14H16BrClN2O/c1-9(2)7-12-13(15)14(19)18(17-12)8-10-3-5-11(16)6-4-10/h3-6,9,17H,7-8H2,1-2H3. The Morgan fingerprint density at radius 1 is 1.32 bits per heavy atom. The molecule has 1 N–H and O–H groups in total. The second-order valence-corrected chi connectivity index (χ2v) is 6.25. The summed E-state index contributed by atoms with van der Waals surface area (Å²) in [6.07, 6.45) is 0.851. The fourth-order valence-corrected chi connectivity index (χ4v) is 2.53. The molecule has 1 aromatic carbocycles. The second kappa shape index (κ2) is 5.97. The zero-order chi connectivity index (χ0) is 14.0. The average molecular weight is 344 g/mol. The first-order valence-corrected chi connectivity index (χ1v) is 7.36. The maximum atomic E-state index is 12.1. The molecule has 0 amide bonds. The summed E-state index contributed by atoms with van der Waals surface area (Å²) in [5.41, 5.74) is 1.97. The third-order valence-electron chi connectivity index (χ3n) is 2.83. The number of nitrogens with zero attached hydrogens (tertiary/aromatic N) is 1. The van der Waals surface area contributed by atoms with Crippen molar-refractivity contribution < 1.29 is 0 Å². The fourth-order valence-electron chi connectivity index (χ4n) is 1.94. The summed E-state index contributed by atoms with van der Waals surface area (Å²) in [7, 11) is 0. The number of nitrogens with one attached hydrogen (secondary N) is 1. The van der Waals surface area contributed by atoms with Gasteiger partial charge in [0.25, 0.3) is 5.56 Å². The average Bonchev–Trinajstić information content (AvgIpc) is 2.60. The summed E-state index contributed by atoms with van der Waals surface area (Å²) in [5.74, 6) is 0.498. The predicted molar refractivity (Wildman–Crippen MR) is 81.8 cm³/mol. The predicted octanol–water partition coefficient (Wildman–Crippen LogP) is 3.84. The summed E-state index contributed by atoms with van der Waals surface area (Å²) >= 11 is 9.22. The van der Waals surface area contributed by atoms with Crippen LogP contribution in [-0.4, -0.2) is 9.78 Å². The van der Waals surface area contributed by atoms with Crippen molar-refractivity contribution in [1.29, 1.82) is 0 Å². The van der Waals surface area contributed by atoms with Crippen LogP contribution in [0.15, 0.2) is 33.5 Å². The van der Waals surface area contributed by atoms with Gasteiger partial charge < -0.3 is 0 Å². The maximum Gasteiger partial charge on any atom is 0.281 e. The van der Waals surface area contributed by atoms with Gasteiger partial charge in [-0.25, -0.2) is 4.68 Å². The second-order valence-electron chi connectivity index (χ2n) is 5.02. The van der Waals surface area contributed by atoms with E-state index in [-0.39, 0.29) is 5.56 Å². The zero-order valence-corrected chi connectivity index (χ0v) is 13.3. The first-order chi connectivity index (χ1) is 8.97. The van der Waals surface area contributed by atoms with Gasteiger partial charge in [-0.05, 0) is 46.0 Å². The van der Waals surface area contributed by atoms with Gasteiger partial charge in [0.1, 0.15) is 4.47 Å². The molecule has 1 aromatic heterocycles. The van der Waals surface area contributed by atoms with E-state index in [1.165, 1.54) is 0 Å². The molecule has 0 unspecified atom stereocenters. The molecule has 19 heavy (non-hydrogen) atoms. The highest BCUT2D eigenvalue weighted by molar-refractivity contribution is 9.10. The third-order valence-corrected chi connectivity index (χ3v) is 3.90. The number of aromatic nitrogens is 2. The monoisotopic (exact) mass is 342 g/mol. The van der Waals surface area contributed by atoms with E-state index in [9.17, 15) is 4.79 Å². The molecular weight excluding hydrogens is 328 g/mol. The Kier molecular flexibility index (Phi) is 4.53. The lowest BCUT2D eigenvalue weighted by molar-refractivity contribution is 0.602. The Hall–Kier alpha value is -1.00. The highest BCUT2D eigenvalue weighted by Gasteiger charge is 2.12. The lowest BCUT2D eigenvalue weighted by Crippen LogP contribution is -2.17. The summed E-state index contributed by atoms with van der Waals surface area (Å²) in [5, 5.41) is 3.87.